The van der Waals surface area contributed by atoms with Crippen molar-refractivity contribution in [2.75, 3.05) is 25.1 Å². The Balaban J connectivity index is 2.75. The van der Waals surface area contributed by atoms with E-state index in [2.05, 4.69) is 10.6 Å². The molecule has 17 heavy (non-hydrogen) atoms. The first-order valence-electron chi connectivity index (χ1n) is 5.41. The van der Waals surface area contributed by atoms with Crippen LogP contribution in [-0.2, 0) is 4.79 Å². The monoisotopic (exact) mass is 270 g/mol. The molecule has 0 aromatic rings. The minimum atomic E-state index is -4.50. The van der Waals surface area contributed by atoms with Crippen LogP contribution in [0.5, 0.6) is 0 Å². The molecule has 0 bridgehead atoms. The Hall–Kier alpha value is -0.430. The molecule has 1 aliphatic heterocycles. The van der Waals surface area contributed by atoms with Gasteiger partial charge in [0, 0.05) is 18.3 Å². The van der Waals surface area contributed by atoms with Gasteiger partial charge in [-0.15, -0.1) is 0 Å². The normalized spacial score (nSPS) is 26.9. The third-order valence-corrected chi connectivity index (χ3v) is 3.76. The Labute approximate surface area is 103 Å². The molecule has 1 heterocycles. The van der Waals surface area contributed by atoms with E-state index in [-0.39, 0.29) is 25.6 Å². The zero-order valence-electron chi connectivity index (χ0n) is 9.86. The van der Waals surface area contributed by atoms with Crippen LogP contribution in [0, 0.1) is 5.41 Å². The summed E-state index contributed by atoms with van der Waals surface area (Å²) < 4.78 is 39.0. The molecule has 100 valence electrons. The summed E-state index contributed by atoms with van der Waals surface area (Å²) in [6, 6.07) is -0.252. The van der Waals surface area contributed by atoms with Crippen LogP contribution >= 0.6 is 11.8 Å². The van der Waals surface area contributed by atoms with Crippen LogP contribution in [0.2, 0.25) is 0 Å². The number of carbonyl (C=O) groups excluding carboxylic acids is 1. The molecular formula is C10H17F3N2OS. The SMILES string of the molecule is CSCC(C)NC(=O)C1(C(F)(F)F)CCNC1. The van der Waals surface area contributed by atoms with Crippen molar-refractivity contribution in [3.63, 3.8) is 0 Å². The fourth-order valence-corrected chi connectivity index (χ4v) is 2.49. The second kappa shape index (κ2) is 5.48. The van der Waals surface area contributed by atoms with E-state index in [1.165, 1.54) is 11.8 Å². The Morgan fingerprint density at radius 2 is 2.24 bits per heavy atom. The van der Waals surface area contributed by atoms with Gasteiger partial charge >= 0.3 is 6.18 Å². The summed E-state index contributed by atoms with van der Waals surface area (Å²) in [6.45, 7) is 1.61. The van der Waals surface area contributed by atoms with Crippen LogP contribution in [0.1, 0.15) is 13.3 Å². The summed E-state index contributed by atoms with van der Waals surface area (Å²) >= 11 is 1.49. The third kappa shape index (κ3) is 3.07. The second-order valence-electron chi connectivity index (χ2n) is 4.34. The molecule has 7 heteroatoms. The number of thioether (sulfide) groups is 1. The second-order valence-corrected chi connectivity index (χ2v) is 5.25. The lowest BCUT2D eigenvalue weighted by Gasteiger charge is -2.30. The highest BCUT2D eigenvalue weighted by Crippen LogP contribution is 2.43. The van der Waals surface area contributed by atoms with E-state index in [0.29, 0.717) is 5.75 Å². The molecule has 0 radical (unpaired) electrons. The first-order valence-corrected chi connectivity index (χ1v) is 6.80. The molecule has 2 atom stereocenters. The topological polar surface area (TPSA) is 41.1 Å². The zero-order valence-corrected chi connectivity index (χ0v) is 10.7. The minimum Gasteiger partial charge on any atom is -0.352 e. The van der Waals surface area contributed by atoms with Crippen LogP contribution in [0.4, 0.5) is 13.2 Å². The van der Waals surface area contributed by atoms with Gasteiger partial charge in [0.15, 0.2) is 5.41 Å². The van der Waals surface area contributed by atoms with E-state index in [1.54, 1.807) is 6.92 Å². The van der Waals surface area contributed by atoms with Crippen molar-refractivity contribution in [2.45, 2.75) is 25.6 Å². The number of nitrogens with one attached hydrogen (secondary N) is 2. The van der Waals surface area contributed by atoms with Crippen molar-refractivity contribution >= 4 is 17.7 Å². The first kappa shape index (κ1) is 14.6. The van der Waals surface area contributed by atoms with E-state index < -0.39 is 17.5 Å². The predicted molar refractivity (Wildman–Crippen MR) is 62.0 cm³/mol. The van der Waals surface area contributed by atoms with Crippen molar-refractivity contribution in [3.05, 3.63) is 0 Å². The Bertz CT molecular complexity index is 277. The van der Waals surface area contributed by atoms with Gasteiger partial charge in [-0.25, -0.2) is 0 Å². The summed E-state index contributed by atoms with van der Waals surface area (Å²) in [4.78, 5) is 11.8. The molecule has 2 unspecified atom stereocenters. The fraction of sp³-hybridized carbons (Fsp3) is 0.900. The predicted octanol–water partition coefficient (Wildman–Crippen LogP) is 1.40. The van der Waals surface area contributed by atoms with Gasteiger partial charge in [0.05, 0.1) is 0 Å². The molecule has 0 spiro atoms. The molecule has 0 aliphatic carbocycles. The Morgan fingerprint density at radius 3 is 2.65 bits per heavy atom. The number of carbonyl (C=O) groups is 1. The first-order chi connectivity index (χ1) is 7.83. The van der Waals surface area contributed by atoms with Gasteiger partial charge < -0.3 is 10.6 Å². The average molecular weight is 270 g/mol. The molecule has 0 saturated carbocycles. The molecule has 1 rings (SSSR count). The van der Waals surface area contributed by atoms with E-state index in [1.807, 2.05) is 6.26 Å². The standard InChI is InChI=1S/C10H17F3N2OS/c1-7(5-17-2)15-8(16)9(10(11,12)13)3-4-14-6-9/h7,14H,3-6H2,1-2H3,(H,15,16). The van der Waals surface area contributed by atoms with Gasteiger partial charge in [0.1, 0.15) is 0 Å². The van der Waals surface area contributed by atoms with Gasteiger partial charge in [-0.1, -0.05) is 0 Å². The lowest BCUT2D eigenvalue weighted by atomic mass is 9.85. The lowest BCUT2D eigenvalue weighted by Crippen LogP contribution is -2.54. The maximum atomic E-state index is 13.0. The van der Waals surface area contributed by atoms with Crippen LogP contribution < -0.4 is 10.6 Å². The number of hydrogen-bond donors (Lipinski definition) is 2. The molecule has 1 amide bonds. The minimum absolute atomic E-state index is 0.186. The number of rotatable bonds is 4. The highest BCUT2D eigenvalue weighted by molar-refractivity contribution is 7.98. The third-order valence-electron chi connectivity index (χ3n) is 2.93. The van der Waals surface area contributed by atoms with Crippen molar-refractivity contribution in [2.24, 2.45) is 5.41 Å². The summed E-state index contributed by atoms with van der Waals surface area (Å²) in [5, 5.41) is 5.07. The molecule has 0 aromatic carbocycles. The highest BCUT2D eigenvalue weighted by Gasteiger charge is 2.61. The number of halogens is 3. The van der Waals surface area contributed by atoms with Crippen molar-refractivity contribution in [3.8, 4) is 0 Å². The molecule has 1 aliphatic rings. The molecule has 2 N–H and O–H groups in total. The summed E-state index contributed by atoms with van der Waals surface area (Å²) in [6.07, 6.45) is -2.84. The number of alkyl halides is 3. The average Bonchev–Trinajstić information content (AvgIpc) is 2.66. The van der Waals surface area contributed by atoms with Crippen LogP contribution in [-0.4, -0.2) is 43.2 Å². The van der Waals surface area contributed by atoms with Gasteiger partial charge in [0.2, 0.25) is 5.91 Å². The summed E-state index contributed by atoms with van der Waals surface area (Å²) in [5.41, 5.74) is -2.25. The largest absolute Gasteiger partial charge is 0.404 e. The van der Waals surface area contributed by atoms with E-state index in [0.717, 1.165) is 0 Å². The maximum Gasteiger partial charge on any atom is 0.404 e. The van der Waals surface area contributed by atoms with Crippen LogP contribution in [0.25, 0.3) is 0 Å². The van der Waals surface area contributed by atoms with E-state index >= 15 is 0 Å². The number of hydrogen-bond acceptors (Lipinski definition) is 3. The molecule has 1 fully saturated rings. The van der Waals surface area contributed by atoms with Crippen molar-refractivity contribution in [1.29, 1.82) is 0 Å². The smallest absolute Gasteiger partial charge is 0.352 e. The quantitative estimate of drug-likeness (QED) is 0.811. The Morgan fingerprint density at radius 1 is 1.59 bits per heavy atom. The Kier molecular flexibility index (Phi) is 4.71. The summed E-state index contributed by atoms with van der Waals surface area (Å²) in [5.74, 6) is -0.302. The van der Waals surface area contributed by atoms with Crippen LogP contribution in [0.3, 0.4) is 0 Å². The van der Waals surface area contributed by atoms with Crippen LogP contribution in [0.15, 0.2) is 0 Å². The van der Waals surface area contributed by atoms with Gasteiger partial charge in [-0.3, -0.25) is 4.79 Å². The summed E-state index contributed by atoms with van der Waals surface area (Å²) in [7, 11) is 0. The molecule has 1 saturated heterocycles. The van der Waals surface area contributed by atoms with Crippen molar-refractivity contribution < 1.29 is 18.0 Å². The molecule has 3 nitrogen and oxygen atoms in total. The van der Waals surface area contributed by atoms with Gasteiger partial charge in [0.25, 0.3) is 0 Å². The van der Waals surface area contributed by atoms with E-state index in [9.17, 15) is 18.0 Å². The number of amides is 1. The zero-order chi connectivity index (χ0) is 13.1. The molecule has 0 aromatic heterocycles. The highest BCUT2D eigenvalue weighted by atomic mass is 32.2. The van der Waals surface area contributed by atoms with Crippen molar-refractivity contribution in [1.82, 2.24) is 10.6 Å². The van der Waals surface area contributed by atoms with Gasteiger partial charge in [-0.2, -0.15) is 24.9 Å². The maximum absolute atomic E-state index is 13.0. The fourth-order valence-electron chi connectivity index (χ4n) is 1.91. The lowest BCUT2D eigenvalue weighted by molar-refractivity contribution is -0.216. The van der Waals surface area contributed by atoms with E-state index in [4.69, 9.17) is 0 Å². The molecular weight excluding hydrogens is 253 g/mol. The van der Waals surface area contributed by atoms with Gasteiger partial charge in [-0.05, 0) is 26.1 Å².